The molecular formula is C18H18FN5O2. The molecule has 0 aliphatic carbocycles. The molecule has 0 saturated heterocycles. The minimum atomic E-state index is -0.572. The Hall–Kier alpha value is -3.42. The number of anilines is 1. The number of ether oxygens (including phenoxy) is 1. The monoisotopic (exact) mass is 355 g/mol. The molecule has 2 heterocycles. The van der Waals surface area contributed by atoms with Gasteiger partial charge in [-0.2, -0.15) is 0 Å². The second-order valence-electron chi connectivity index (χ2n) is 5.38. The summed E-state index contributed by atoms with van der Waals surface area (Å²) >= 11 is 0. The zero-order chi connectivity index (χ0) is 18.4. The van der Waals surface area contributed by atoms with Crippen LogP contribution in [0.1, 0.15) is 10.4 Å². The highest BCUT2D eigenvalue weighted by atomic mass is 19.1. The molecule has 0 saturated carbocycles. The first-order chi connectivity index (χ1) is 12.7. The first-order valence-electron chi connectivity index (χ1n) is 7.98. The lowest BCUT2D eigenvalue weighted by atomic mass is 10.2. The number of halogens is 1. The predicted octanol–water partition coefficient (Wildman–Crippen LogP) is 2.26. The Kier molecular flexibility index (Phi) is 5.43. The topological polar surface area (TPSA) is 81.1 Å². The number of benzene rings is 1. The summed E-state index contributed by atoms with van der Waals surface area (Å²) in [6.07, 6.45) is 5.25. The molecule has 0 atom stereocenters. The molecule has 2 aromatic heterocycles. The Bertz CT molecular complexity index is 883. The predicted molar refractivity (Wildman–Crippen MR) is 95.1 cm³/mol. The Morgan fingerprint density at radius 2 is 2.00 bits per heavy atom. The fraction of sp³-hybridized carbons (Fsp3) is 0.167. The summed E-state index contributed by atoms with van der Waals surface area (Å²) in [5, 5.41) is 5.83. The smallest absolute Gasteiger partial charge is 0.251 e. The lowest BCUT2D eigenvalue weighted by Crippen LogP contribution is -2.29. The van der Waals surface area contributed by atoms with Crippen LogP contribution < -0.4 is 15.4 Å². The van der Waals surface area contributed by atoms with Crippen LogP contribution in [-0.2, 0) is 0 Å². The highest BCUT2D eigenvalue weighted by Gasteiger charge is 2.09. The van der Waals surface area contributed by atoms with Gasteiger partial charge in [0.2, 0.25) is 0 Å². The number of nitrogens with zero attached hydrogens (tertiary/aromatic N) is 3. The lowest BCUT2D eigenvalue weighted by molar-refractivity contribution is 0.0954. The molecule has 1 amide bonds. The molecule has 2 N–H and O–H groups in total. The van der Waals surface area contributed by atoms with Crippen molar-refractivity contribution in [2.24, 2.45) is 0 Å². The third-order valence-corrected chi connectivity index (χ3v) is 3.65. The molecule has 0 spiro atoms. The number of hydrogen-bond acceptors (Lipinski definition) is 5. The van der Waals surface area contributed by atoms with E-state index >= 15 is 0 Å². The van der Waals surface area contributed by atoms with Crippen molar-refractivity contribution in [2.45, 2.75) is 0 Å². The molecule has 0 aliphatic heterocycles. The van der Waals surface area contributed by atoms with E-state index in [1.54, 1.807) is 6.07 Å². The summed E-state index contributed by atoms with van der Waals surface area (Å²) in [5.74, 6) is 0.560. The second-order valence-corrected chi connectivity index (χ2v) is 5.38. The number of hydrogen-bond donors (Lipinski definition) is 2. The van der Waals surface area contributed by atoms with E-state index < -0.39 is 5.82 Å². The molecule has 8 heteroatoms. The van der Waals surface area contributed by atoms with Gasteiger partial charge in [-0.15, -0.1) is 0 Å². The van der Waals surface area contributed by atoms with Crippen LogP contribution in [-0.4, -0.2) is 40.6 Å². The van der Waals surface area contributed by atoms with Crippen LogP contribution in [0.2, 0.25) is 0 Å². The minimum Gasteiger partial charge on any atom is -0.494 e. The first-order valence-corrected chi connectivity index (χ1v) is 7.98. The number of carbonyl (C=O) groups is 1. The van der Waals surface area contributed by atoms with Crippen LogP contribution in [0, 0.1) is 5.82 Å². The maximum Gasteiger partial charge on any atom is 0.251 e. The van der Waals surface area contributed by atoms with Crippen molar-refractivity contribution in [1.29, 1.82) is 0 Å². The van der Waals surface area contributed by atoms with Crippen LogP contribution >= 0.6 is 0 Å². The molecule has 134 valence electrons. The van der Waals surface area contributed by atoms with Gasteiger partial charge in [0.25, 0.3) is 5.91 Å². The van der Waals surface area contributed by atoms with Gasteiger partial charge >= 0.3 is 0 Å². The molecule has 0 radical (unpaired) electrons. The highest BCUT2D eigenvalue weighted by Crippen LogP contribution is 2.17. The van der Waals surface area contributed by atoms with E-state index in [1.165, 1.54) is 25.6 Å². The summed E-state index contributed by atoms with van der Waals surface area (Å²) in [5.41, 5.74) is 0.236. The summed E-state index contributed by atoms with van der Waals surface area (Å²) in [6.45, 7) is 0.821. The quantitative estimate of drug-likeness (QED) is 0.636. The average Bonchev–Trinajstić information content (AvgIpc) is 3.20. The van der Waals surface area contributed by atoms with Crippen LogP contribution in [0.4, 0.5) is 10.2 Å². The number of amides is 1. The van der Waals surface area contributed by atoms with Crippen molar-refractivity contribution in [2.75, 3.05) is 25.5 Å². The number of rotatable bonds is 7. The molecule has 1 aromatic carbocycles. The number of aromatic nitrogens is 3. The maximum atomic E-state index is 13.6. The van der Waals surface area contributed by atoms with Gasteiger partial charge in [0.05, 0.1) is 7.11 Å². The van der Waals surface area contributed by atoms with E-state index in [9.17, 15) is 9.18 Å². The zero-order valence-corrected chi connectivity index (χ0v) is 14.1. The summed E-state index contributed by atoms with van der Waals surface area (Å²) in [6, 6.07) is 9.71. The normalized spacial score (nSPS) is 10.4. The van der Waals surface area contributed by atoms with E-state index in [-0.39, 0.29) is 17.2 Å². The lowest BCUT2D eigenvalue weighted by Gasteiger charge is -2.09. The first kappa shape index (κ1) is 17.4. The molecule has 3 rings (SSSR count). The van der Waals surface area contributed by atoms with Crippen molar-refractivity contribution in [3.63, 3.8) is 0 Å². The fourth-order valence-electron chi connectivity index (χ4n) is 2.35. The maximum absolute atomic E-state index is 13.6. The van der Waals surface area contributed by atoms with Crippen molar-refractivity contribution in [3.05, 3.63) is 66.5 Å². The van der Waals surface area contributed by atoms with Crippen LogP contribution in [0.15, 0.2) is 55.1 Å². The van der Waals surface area contributed by atoms with E-state index in [0.29, 0.717) is 18.9 Å². The molecule has 7 nitrogen and oxygen atoms in total. The molecule has 0 fully saturated rings. The minimum absolute atomic E-state index is 0.102. The van der Waals surface area contributed by atoms with Gasteiger partial charge in [0.15, 0.2) is 11.6 Å². The number of nitrogens with one attached hydrogen (secondary N) is 2. The van der Waals surface area contributed by atoms with Crippen LogP contribution in [0.3, 0.4) is 0 Å². The van der Waals surface area contributed by atoms with E-state index in [4.69, 9.17) is 4.74 Å². The van der Waals surface area contributed by atoms with E-state index in [2.05, 4.69) is 20.6 Å². The van der Waals surface area contributed by atoms with Crippen molar-refractivity contribution >= 4 is 11.7 Å². The summed E-state index contributed by atoms with van der Waals surface area (Å²) in [7, 11) is 1.37. The Balaban J connectivity index is 1.50. The third kappa shape index (κ3) is 4.15. The van der Waals surface area contributed by atoms with Gasteiger partial charge in [-0.1, -0.05) is 0 Å². The molecule has 0 aliphatic rings. The zero-order valence-electron chi connectivity index (χ0n) is 14.1. The standard InChI is InChI=1S/C18H18FN5O2/c1-26-15-5-4-13(10-14(15)19)18(25)21-7-6-20-16-11-17(23-12-22-16)24-8-2-3-9-24/h2-5,8-12H,6-7H2,1H3,(H,21,25)(H,20,22,23). The Labute approximate surface area is 149 Å². The number of carbonyl (C=O) groups excluding carboxylic acids is 1. The molecule has 0 bridgehead atoms. The molecule has 26 heavy (non-hydrogen) atoms. The van der Waals surface area contributed by atoms with Crippen LogP contribution in [0.25, 0.3) is 5.82 Å². The average molecular weight is 355 g/mol. The van der Waals surface area contributed by atoms with E-state index in [0.717, 1.165) is 11.9 Å². The third-order valence-electron chi connectivity index (χ3n) is 3.65. The molecule has 0 unspecified atom stereocenters. The van der Waals surface area contributed by atoms with Gasteiger partial charge in [-0.25, -0.2) is 14.4 Å². The van der Waals surface area contributed by atoms with Gasteiger partial charge in [-0.05, 0) is 30.3 Å². The van der Waals surface area contributed by atoms with Crippen molar-refractivity contribution in [1.82, 2.24) is 19.9 Å². The van der Waals surface area contributed by atoms with Crippen LogP contribution in [0.5, 0.6) is 5.75 Å². The van der Waals surface area contributed by atoms with Crippen molar-refractivity contribution < 1.29 is 13.9 Å². The van der Waals surface area contributed by atoms with Crippen molar-refractivity contribution in [3.8, 4) is 11.6 Å². The Morgan fingerprint density at radius 3 is 2.73 bits per heavy atom. The summed E-state index contributed by atoms with van der Waals surface area (Å²) < 4.78 is 20.3. The molecular weight excluding hydrogens is 337 g/mol. The molecule has 3 aromatic rings. The fourth-order valence-corrected chi connectivity index (χ4v) is 2.35. The summed E-state index contributed by atoms with van der Waals surface area (Å²) in [4.78, 5) is 20.4. The second kappa shape index (κ2) is 8.11. The van der Waals surface area contributed by atoms with E-state index in [1.807, 2.05) is 29.1 Å². The SMILES string of the molecule is COc1ccc(C(=O)NCCNc2cc(-n3cccc3)ncn2)cc1F. The Morgan fingerprint density at radius 1 is 1.19 bits per heavy atom. The van der Waals surface area contributed by atoms with Gasteiger partial charge in [-0.3, -0.25) is 4.79 Å². The largest absolute Gasteiger partial charge is 0.494 e. The number of methoxy groups -OCH3 is 1. The highest BCUT2D eigenvalue weighted by molar-refractivity contribution is 5.94. The van der Waals surface area contributed by atoms with Gasteiger partial charge in [0.1, 0.15) is 18.0 Å². The van der Waals surface area contributed by atoms with Gasteiger partial charge in [0, 0.05) is 37.1 Å². The van der Waals surface area contributed by atoms with Gasteiger partial charge < -0.3 is 19.9 Å².